The van der Waals surface area contributed by atoms with E-state index in [1.807, 2.05) is 29.2 Å². The number of nitrogens with zero attached hydrogens (tertiary/aromatic N) is 4. The third kappa shape index (κ3) is 4.04. The van der Waals surface area contributed by atoms with Crippen LogP contribution in [0.5, 0.6) is 0 Å². The Morgan fingerprint density at radius 2 is 1.94 bits per heavy atom. The molecule has 9 heteroatoms. The molecule has 9 nitrogen and oxygen atoms in total. The first-order valence-electron chi connectivity index (χ1n) is 11.6. The lowest BCUT2D eigenvalue weighted by Gasteiger charge is -2.53. The minimum Gasteiger partial charge on any atom is -0.369 e. The minimum atomic E-state index is -0.174. The van der Waals surface area contributed by atoms with E-state index >= 15 is 0 Å². The van der Waals surface area contributed by atoms with Gasteiger partial charge in [0.05, 0.1) is 12.1 Å². The van der Waals surface area contributed by atoms with Gasteiger partial charge in [-0.1, -0.05) is 25.5 Å². The summed E-state index contributed by atoms with van der Waals surface area (Å²) in [5.41, 5.74) is 7.82. The fourth-order valence-corrected chi connectivity index (χ4v) is 4.75. The van der Waals surface area contributed by atoms with Crippen molar-refractivity contribution in [3.05, 3.63) is 58.0 Å². The van der Waals surface area contributed by atoms with E-state index in [0.29, 0.717) is 47.5 Å². The average Bonchev–Trinajstić information content (AvgIpc) is 2.81. The van der Waals surface area contributed by atoms with Gasteiger partial charge in [0.25, 0.3) is 11.5 Å². The number of anilines is 2. The zero-order chi connectivity index (χ0) is 22.9. The highest BCUT2D eigenvalue weighted by Crippen LogP contribution is 2.30. The molecule has 0 spiro atoms. The molecule has 0 radical (unpaired) electrons. The van der Waals surface area contributed by atoms with Crippen LogP contribution in [0.4, 0.5) is 11.8 Å². The van der Waals surface area contributed by atoms with E-state index in [9.17, 15) is 9.59 Å². The number of nitrogen functional groups attached to an aromatic ring is 1. The highest BCUT2D eigenvalue weighted by molar-refractivity contribution is 5.95. The first-order chi connectivity index (χ1) is 16.0. The molecule has 4 heterocycles. The van der Waals surface area contributed by atoms with Crippen molar-refractivity contribution in [3.8, 4) is 0 Å². The van der Waals surface area contributed by atoms with Gasteiger partial charge in [0.15, 0.2) is 0 Å². The summed E-state index contributed by atoms with van der Waals surface area (Å²) in [7, 11) is 0. The maximum absolute atomic E-state index is 13.3. The first-order valence-corrected chi connectivity index (χ1v) is 11.6. The zero-order valence-electron chi connectivity index (χ0n) is 18.8. The molecule has 2 bridgehead atoms. The molecule has 1 aromatic carbocycles. The zero-order valence-corrected chi connectivity index (χ0v) is 18.8. The Labute approximate surface area is 192 Å². The molecule has 2 aromatic heterocycles. The lowest BCUT2D eigenvalue weighted by Crippen LogP contribution is -2.69. The molecular formula is C24H29N7O2. The van der Waals surface area contributed by atoms with Crippen LogP contribution in [0.2, 0.25) is 0 Å². The molecule has 1 amide bonds. The number of rotatable bonds is 7. The average molecular weight is 448 g/mol. The van der Waals surface area contributed by atoms with Gasteiger partial charge < -0.3 is 25.8 Å². The van der Waals surface area contributed by atoms with Gasteiger partial charge >= 0.3 is 0 Å². The van der Waals surface area contributed by atoms with Crippen molar-refractivity contribution in [3.63, 3.8) is 0 Å². The fraction of sp³-hybridized carbons (Fsp3) is 0.417. The second-order valence-electron chi connectivity index (χ2n) is 8.83. The van der Waals surface area contributed by atoms with Gasteiger partial charge in [-0.25, -0.2) is 4.98 Å². The van der Waals surface area contributed by atoms with Gasteiger partial charge in [-0.2, -0.15) is 4.98 Å². The maximum Gasteiger partial charge on any atom is 0.264 e. The Bertz CT molecular complexity index is 1220. The first kappa shape index (κ1) is 21.4. The molecule has 5 rings (SSSR count). The third-order valence-corrected chi connectivity index (χ3v) is 6.54. The molecule has 0 saturated carbocycles. The molecule has 4 N–H and O–H groups in total. The summed E-state index contributed by atoms with van der Waals surface area (Å²) >= 11 is 0. The van der Waals surface area contributed by atoms with Gasteiger partial charge in [0.2, 0.25) is 5.95 Å². The lowest BCUT2D eigenvalue weighted by molar-refractivity contribution is -0.00217. The van der Waals surface area contributed by atoms with Gasteiger partial charge in [0, 0.05) is 43.5 Å². The molecule has 2 atom stereocenters. The van der Waals surface area contributed by atoms with Crippen LogP contribution in [-0.2, 0) is 6.54 Å². The van der Waals surface area contributed by atoms with Gasteiger partial charge in [0.1, 0.15) is 11.2 Å². The van der Waals surface area contributed by atoms with Crippen molar-refractivity contribution in [2.45, 2.75) is 44.8 Å². The van der Waals surface area contributed by atoms with E-state index in [2.05, 4.69) is 27.5 Å². The Hall–Kier alpha value is -3.46. The molecule has 2 aliphatic rings. The molecule has 2 saturated heterocycles. The van der Waals surface area contributed by atoms with Crippen LogP contribution in [0.25, 0.3) is 10.9 Å². The predicted molar refractivity (Wildman–Crippen MR) is 128 cm³/mol. The number of hydrogen-bond acceptors (Lipinski definition) is 7. The molecule has 0 aliphatic carbocycles. The van der Waals surface area contributed by atoms with E-state index in [1.54, 1.807) is 16.8 Å². The smallest absolute Gasteiger partial charge is 0.264 e. The summed E-state index contributed by atoms with van der Waals surface area (Å²) in [4.78, 5) is 36.6. The largest absolute Gasteiger partial charge is 0.369 e. The summed E-state index contributed by atoms with van der Waals surface area (Å²) in [6.45, 7) is 4.94. The summed E-state index contributed by atoms with van der Waals surface area (Å²) in [5, 5.41) is 7.02. The molecule has 172 valence electrons. The highest BCUT2D eigenvalue weighted by Gasteiger charge is 2.44. The van der Waals surface area contributed by atoms with Crippen LogP contribution >= 0.6 is 0 Å². The number of piperazine rings is 1. The predicted octanol–water partition coefficient (Wildman–Crippen LogP) is 1.82. The number of fused-ring (bicyclic) bond motifs is 3. The van der Waals surface area contributed by atoms with Gasteiger partial charge in [-0.3, -0.25) is 9.59 Å². The summed E-state index contributed by atoms with van der Waals surface area (Å²) in [6.07, 6.45) is 4.81. The van der Waals surface area contributed by atoms with Crippen LogP contribution in [0.15, 0.2) is 41.3 Å². The molecule has 3 aromatic rings. The number of benzene rings is 1. The summed E-state index contributed by atoms with van der Waals surface area (Å²) < 4.78 is 1.63. The van der Waals surface area contributed by atoms with Crippen LogP contribution in [0, 0.1) is 0 Å². The van der Waals surface area contributed by atoms with E-state index in [0.717, 1.165) is 37.9 Å². The van der Waals surface area contributed by atoms with Crippen LogP contribution in [0.1, 0.15) is 42.1 Å². The Balaban J connectivity index is 1.37. The second kappa shape index (κ2) is 8.82. The van der Waals surface area contributed by atoms with Crippen LogP contribution in [-0.4, -0.2) is 57.1 Å². The number of pyridine rings is 1. The molecule has 33 heavy (non-hydrogen) atoms. The van der Waals surface area contributed by atoms with Crippen molar-refractivity contribution in [2.24, 2.45) is 0 Å². The molecular weight excluding hydrogens is 418 g/mol. The fourth-order valence-electron chi connectivity index (χ4n) is 4.75. The van der Waals surface area contributed by atoms with Crippen molar-refractivity contribution in [1.29, 1.82) is 0 Å². The van der Waals surface area contributed by atoms with Gasteiger partial charge in [-0.15, -0.1) is 0 Å². The van der Waals surface area contributed by atoms with Crippen molar-refractivity contribution in [2.75, 3.05) is 30.7 Å². The number of hydrogen-bond donors (Lipinski definition) is 3. The normalized spacial score (nSPS) is 19.4. The number of piperidine rings is 1. The van der Waals surface area contributed by atoms with Crippen LogP contribution in [0.3, 0.4) is 0 Å². The molecule has 2 aliphatic heterocycles. The van der Waals surface area contributed by atoms with Crippen molar-refractivity contribution in [1.82, 2.24) is 24.8 Å². The maximum atomic E-state index is 13.3. The Morgan fingerprint density at radius 1 is 1.18 bits per heavy atom. The number of nitrogens with two attached hydrogens (primary N) is 1. The van der Waals surface area contributed by atoms with E-state index < -0.39 is 0 Å². The number of nitrogens with one attached hydrogen (secondary N) is 2. The number of carbonyl (C=O) groups excluding carboxylic acids is 1. The number of carbonyl (C=O) groups is 1. The Kier molecular flexibility index (Phi) is 5.72. The summed E-state index contributed by atoms with van der Waals surface area (Å²) in [5.74, 6) is 0.701. The minimum absolute atomic E-state index is 0.0877. The standard InChI is InChI=1S/C24H29N7O2/c1-2-3-9-27-21-20-19(28-24(25)29-21)8-10-30(23(20)33)14-15-4-6-16(7-5-15)22(32)31-17-11-18(31)13-26-12-17/h4-8,10,17-18,26H,2-3,9,11-14H2,1H3,(H3,25,27,28,29). The van der Waals surface area contributed by atoms with E-state index in [-0.39, 0.29) is 17.4 Å². The number of unbranched alkanes of at least 4 members (excludes halogenated alkanes) is 1. The number of amides is 1. The third-order valence-electron chi connectivity index (χ3n) is 6.54. The molecule has 2 fully saturated rings. The lowest BCUT2D eigenvalue weighted by atomic mass is 9.88. The monoisotopic (exact) mass is 447 g/mol. The van der Waals surface area contributed by atoms with Crippen LogP contribution < -0.4 is 21.9 Å². The van der Waals surface area contributed by atoms with Crippen molar-refractivity contribution >= 4 is 28.6 Å². The van der Waals surface area contributed by atoms with Gasteiger partial charge in [-0.05, 0) is 36.6 Å². The van der Waals surface area contributed by atoms with E-state index in [4.69, 9.17) is 5.73 Å². The summed E-state index contributed by atoms with van der Waals surface area (Å²) in [6, 6.07) is 9.94. The second-order valence-corrected chi connectivity index (χ2v) is 8.83. The van der Waals surface area contributed by atoms with Crippen molar-refractivity contribution < 1.29 is 4.79 Å². The quantitative estimate of drug-likeness (QED) is 0.473. The molecule has 2 unspecified atom stereocenters. The highest BCUT2D eigenvalue weighted by atomic mass is 16.2. The topological polar surface area (TPSA) is 118 Å². The van der Waals surface area contributed by atoms with E-state index in [1.165, 1.54) is 0 Å². The SMILES string of the molecule is CCCCNc1nc(N)nc2ccn(Cc3ccc(C(=O)N4C5CNCC4C5)cc3)c(=O)c12. The Morgan fingerprint density at radius 3 is 2.64 bits per heavy atom. The number of aromatic nitrogens is 3.